The number of amides is 2. The second kappa shape index (κ2) is 8.03. The molecule has 0 aromatic rings. The number of hydrogen-bond acceptors (Lipinski definition) is 6. The number of fused-ring (bicyclic) bond motifs is 1. The topological polar surface area (TPSA) is 100 Å². The predicted molar refractivity (Wildman–Crippen MR) is 97.0 cm³/mol. The first-order chi connectivity index (χ1) is 13.0. The van der Waals surface area contributed by atoms with Gasteiger partial charge in [-0.3, -0.25) is 9.59 Å². The standard InChI is InChI=1S/C19H31N3O5/c1-11(23)22-6-4-12(5-7-22)20-10-16-18(25)19-15(27-16)8-14(26-19)9-17(24)21-13-2-3-13/h12-16,18-20,25H,2-10H2,1H3,(H,21,24). The molecule has 0 spiro atoms. The fourth-order valence-electron chi connectivity index (χ4n) is 4.41. The van der Waals surface area contributed by atoms with E-state index in [9.17, 15) is 14.7 Å². The number of rotatable bonds is 6. The Labute approximate surface area is 159 Å². The molecular weight excluding hydrogens is 350 g/mol. The second-order valence-electron chi connectivity index (χ2n) is 8.40. The molecule has 3 heterocycles. The van der Waals surface area contributed by atoms with Crippen molar-refractivity contribution in [1.82, 2.24) is 15.5 Å². The number of ether oxygens (including phenoxy) is 2. The number of likely N-dealkylation sites (tertiary alicyclic amines) is 1. The third kappa shape index (κ3) is 4.62. The quantitative estimate of drug-likeness (QED) is 0.576. The Balaban J connectivity index is 1.17. The molecule has 4 aliphatic rings. The Kier molecular flexibility index (Phi) is 5.68. The molecule has 4 rings (SSSR count). The Bertz CT molecular complexity index is 562. The van der Waals surface area contributed by atoms with Gasteiger partial charge in [0.25, 0.3) is 0 Å². The summed E-state index contributed by atoms with van der Waals surface area (Å²) in [6, 6.07) is 0.703. The molecule has 3 saturated heterocycles. The summed E-state index contributed by atoms with van der Waals surface area (Å²) in [5.74, 6) is 0.167. The molecule has 4 fully saturated rings. The van der Waals surface area contributed by atoms with E-state index in [2.05, 4.69) is 10.6 Å². The van der Waals surface area contributed by atoms with Crippen LogP contribution >= 0.6 is 0 Å². The number of aliphatic hydroxyl groups is 1. The Morgan fingerprint density at radius 1 is 1.11 bits per heavy atom. The van der Waals surface area contributed by atoms with Crippen molar-refractivity contribution in [2.45, 2.75) is 88.1 Å². The summed E-state index contributed by atoms with van der Waals surface area (Å²) in [6.07, 6.45) is 3.40. The maximum Gasteiger partial charge on any atom is 0.222 e. The van der Waals surface area contributed by atoms with Gasteiger partial charge in [-0.2, -0.15) is 0 Å². The molecule has 3 N–H and O–H groups in total. The van der Waals surface area contributed by atoms with E-state index in [-0.39, 0.29) is 36.2 Å². The molecule has 8 heteroatoms. The molecule has 0 aromatic heterocycles. The first kappa shape index (κ1) is 19.1. The number of piperidine rings is 1. The zero-order chi connectivity index (χ0) is 19.0. The van der Waals surface area contributed by atoms with E-state index >= 15 is 0 Å². The minimum absolute atomic E-state index is 0.0343. The summed E-state index contributed by atoms with van der Waals surface area (Å²) in [5, 5.41) is 17.0. The maximum atomic E-state index is 11.9. The highest BCUT2D eigenvalue weighted by atomic mass is 16.6. The van der Waals surface area contributed by atoms with Gasteiger partial charge in [-0.05, 0) is 25.7 Å². The van der Waals surface area contributed by atoms with Crippen LogP contribution in [0.25, 0.3) is 0 Å². The summed E-state index contributed by atoms with van der Waals surface area (Å²) in [4.78, 5) is 25.2. The lowest BCUT2D eigenvalue weighted by Gasteiger charge is -2.32. The van der Waals surface area contributed by atoms with Crippen molar-refractivity contribution in [3.63, 3.8) is 0 Å². The summed E-state index contributed by atoms with van der Waals surface area (Å²) < 4.78 is 11.9. The maximum absolute atomic E-state index is 11.9. The number of carbonyl (C=O) groups excluding carboxylic acids is 2. The van der Waals surface area contributed by atoms with Crippen molar-refractivity contribution in [3.8, 4) is 0 Å². The third-order valence-electron chi connectivity index (χ3n) is 6.18. The Hall–Kier alpha value is -1.22. The van der Waals surface area contributed by atoms with Gasteiger partial charge in [0.2, 0.25) is 11.8 Å². The lowest BCUT2D eigenvalue weighted by Crippen LogP contribution is -2.47. The number of nitrogens with one attached hydrogen (secondary N) is 2. The lowest BCUT2D eigenvalue weighted by molar-refractivity contribution is -0.130. The largest absolute Gasteiger partial charge is 0.388 e. The molecule has 152 valence electrons. The van der Waals surface area contributed by atoms with Crippen LogP contribution in [0.2, 0.25) is 0 Å². The molecule has 27 heavy (non-hydrogen) atoms. The highest BCUT2D eigenvalue weighted by molar-refractivity contribution is 5.77. The van der Waals surface area contributed by atoms with E-state index in [0.717, 1.165) is 38.8 Å². The predicted octanol–water partition coefficient (Wildman–Crippen LogP) is -0.459. The minimum atomic E-state index is -0.670. The van der Waals surface area contributed by atoms with Gasteiger partial charge in [0.15, 0.2) is 0 Å². The third-order valence-corrected chi connectivity index (χ3v) is 6.18. The average Bonchev–Trinajstić information content (AvgIpc) is 3.29. The van der Waals surface area contributed by atoms with Gasteiger partial charge in [-0.1, -0.05) is 0 Å². The van der Waals surface area contributed by atoms with Crippen LogP contribution in [0.1, 0.15) is 45.4 Å². The van der Waals surface area contributed by atoms with Crippen molar-refractivity contribution >= 4 is 11.8 Å². The molecule has 5 atom stereocenters. The van der Waals surface area contributed by atoms with Gasteiger partial charge in [0, 0.05) is 45.1 Å². The molecule has 0 bridgehead atoms. The van der Waals surface area contributed by atoms with Crippen LogP contribution in [-0.2, 0) is 19.1 Å². The zero-order valence-corrected chi connectivity index (χ0v) is 15.9. The average molecular weight is 381 g/mol. The van der Waals surface area contributed by atoms with Gasteiger partial charge in [-0.25, -0.2) is 0 Å². The molecule has 5 unspecified atom stereocenters. The van der Waals surface area contributed by atoms with Crippen LogP contribution < -0.4 is 10.6 Å². The zero-order valence-electron chi connectivity index (χ0n) is 15.9. The van der Waals surface area contributed by atoms with E-state index in [0.29, 0.717) is 31.5 Å². The molecule has 8 nitrogen and oxygen atoms in total. The monoisotopic (exact) mass is 381 g/mol. The van der Waals surface area contributed by atoms with E-state index in [1.165, 1.54) is 0 Å². The highest BCUT2D eigenvalue weighted by Crippen LogP contribution is 2.35. The van der Waals surface area contributed by atoms with Crippen molar-refractivity contribution in [3.05, 3.63) is 0 Å². The van der Waals surface area contributed by atoms with Crippen molar-refractivity contribution in [2.24, 2.45) is 0 Å². The summed E-state index contributed by atoms with van der Waals surface area (Å²) in [7, 11) is 0. The van der Waals surface area contributed by atoms with Gasteiger partial charge >= 0.3 is 0 Å². The van der Waals surface area contributed by atoms with Gasteiger partial charge in [0.1, 0.15) is 12.2 Å². The Morgan fingerprint density at radius 3 is 2.48 bits per heavy atom. The number of hydrogen-bond donors (Lipinski definition) is 3. The van der Waals surface area contributed by atoms with E-state index in [4.69, 9.17) is 9.47 Å². The van der Waals surface area contributed by atoms with Crippen molar-refractivity contribution in [1.29, 1.82) is 0 Å². The molecule has 3 aliphatic heterocycles. The van der Waals surface area contributed by atoms with Crippen molar-refractivity contribution in [2.75, 3.05) is 19.6 Å². The van der Waals surface area contributed by atoms with Gasteiger partial charge in [0.05, 0.1) is 24.7 Å². The molecule has 1 saturated carbocycles. The van der Waals surface area contributed by atoms with Crippen molar-refractivity contribution < 1.29 is 24.2 Å². The smallest absolute Gasteiger partial charge is 0.222 e. The van der Waals surface area contributed by atoms with Crippen LogP contribution in [0, 0.1) is 0 Å². The summed E-state index contributed by atoms with van der Waals surface area (Å²) in [5.41, 5.74) is 0. The minimum Gasteiger partial charge on any atom is -0.388 e. The molecule has 0 aromatic carbocycles. The van der Waals surface area contributed by atoms with Gasteiger partial charge < -0.3 is 30.1 Å². The van der Waals surface area contributed by atoms with E-state index in [1.54, 1.807) is 6.92 Å². The summed E-state index contributed by atoms with van der Waals surface area (Å²) >= 11 is 0. The van der Waals surface area contributed by atoms with Crippen LogP contribution in [0.5, 0.6) is 0 Å². The molecular formula is C19H31N3O5. The molecule has 2 amide bonds. The second-order valence-corrected chi connectivity index (χ2v) is 8.40. The van der Waals surface area contributed by atoms with Crippen LogP contribution in [0.4, 0.5) is 0 Å². The fourth-order valence-corrected chi connectivity index (χ4v) is 4.41. The number of carbonyl (C=O) groups is 2. The van der Waals surface area contributed by atoms with E-state index in [1.807, 2.05) is 4.90 Å². The first-order valence-corrected chi connectivity index (χ1v) is 10.3. The van der Waals surface area contributed by atoms with Gasteiger partial charge in [-0.15, -0.1) is 0 Å². The SMILES string of the molecule is CC(=O)N1CCC(NCC2OC3CC(CC(=O)NC4CC4)OC3C2O)CC1. The number of nitrogens with zero attached hydrogens (tertiary/aromatic N) is 1. The lowest BCUT2D eigenvalue weighted by atomic mass is 10.0. The normalized spacial score (nSPS) is 36.7. The summed E-state index contributed by atoms with van der Waals surface area (Å²) in [6.45, 7) is 3.74. The number of aliphatic hydroxyl groups excluding tert-OH is 1. The fraction of sp³-hybridized carbons (Fsp3) is 0.895. The molecule has 0 radical (unpaired) electrons. The molecule has 1 aliphatic carbocycles. The van der Waals surface area contributed by atoms with Crippen LogP contribution in [0.3, 0.4) is 0 Å². The Morgan fingerprint density at radius 2 is 1.85 bits per heavy atom. The highest BCUT2D eigenvalue weighted by Gasteiger charge is 2.50. The van der Waals surface area contributed by atoms with Crippen LogP contribution in [-0.4, -0.2) is 84.1 Å². The van der Waals surface area contributed by atoms with Crippen LogP contribution in [0.15, 0.2) is 0 Å². The van der Waals surface area contributed by atoms with E-state index < -0.39 is 6.10 Å². The first-order valence-electron chi connectivity index (χ1n) is 10.3.